The van der Waals surface area contributed by atoms with Gasteiger partial charge in [0.15, 0.2) is 0 Å². The molecule has 0 radical (unpaired) electrons. The number of aryl methyl sites for hydroxylation is 1. The summed E-state index contributed by atoms with van der Waals surface area (Å²) < 4.78 is 6.64. The lowest BCUT2D eigenvalue weighted by molar-refractivity contribution is 0.102. The average Bonchev–Trinajstić information content (AvgIpc) is 2.58. The van der Waals surface area contributed by atoms with Gasteiger partial charge in [-0.25, -0.2) is 0 Å². The first-order valence-corrected chi connectivity index (χ1v) is 9.20. The molecular formula is C20H24BrNO2. The number of hydrogen-bond donors (Lipinski definition) is 1. The van der Waals surface area contributed by atoms with E-state index < -0.39 is 0 Å². The van der Waals surface area contributed by atoms with Gasteiger partial charge in [-0.1, -0.05) is 48.2 Å². The number of unbranched alkanes of at least 4 members (excludes halogenated alkanes) is 3. The van der Waals surface area contributed by atoms with Crippen LogP contribution in [0.5, 0.6) is 5.75 Å². The average molecular weight is 390 g/mol. The fourth-order valence-corrected chi connectivity index (χ4v) is 2.67. The van der Waals surface area contributed by atoms with E-state index in [1.54, 1.807) is 0 Å². The van der Waals surface area contributed by atoms with E-state index in [1.165, 1.54) is 19.3 Å². The highest BCUT2D eigenvalue weighted by molar-refractivity contribution is 9.10. The Hall–Kier alpha value is -1.81. The summed E-state index contributed by atoms with van der Waals surface area (Å²) in [5, 5.41) is 2.90. The van der Waals surface area contributed by atoms with Crippen LogP contribution in [0.2, 0.25) is 0 Å². The van der Waals surface area contributed by atoms with Crippen LogP contribution in [-0.2, 0) is 0 Å². The number of anilines is 1. The van der Waals surface area contributed by atoms with Crippen molar-refractivity contribution in [1.29, 1.82) is 0 Å². The summed E-state index contributed by atoms with van der Waals surface area (Å²) in [4.78, 5) is 12.3. The van der Waals surface area contributed by atoms with Crippen molar-refractivity contribution in [2.45, 2.75) is 39.5 Å². The van der Waals surface area contributed by atoms with Crippen LogP contribution in [-0.4, -0.2) is 12.5 Å². The lowest BCUT2D eigenvalue weighted by Gasteiger charge is -2.09. The first-order chi connectivity index (χ1) is 11.6. The van der Waals surface area contributed by atoms with E-state index in [0.29, 0.717) is 5.56 Å². The maximum absolute atomic E-state index is 12.3. The predicted molar refractivity (Wildman–Crippen MR) is 103 cm³/mol. The van der Waals surface area contributed by atoms with E-state index in [1.807, 2.05) is 49.4 Å². The maximum Gasteiger partial charge on any atom is 0.255 e. The molecule has 1 amide bonds. The van der Waals surface area contributed by atoms with Crippen LogP contribution in [0, 0.1) is 6.92 Å². The number of carbonyl (C=O) groups is 1. The molecule has 4 heteroatoms. The summed E-state index contributed by atoms with van der Waals surface area (Å²) in [6.45, 7) is 4.93. The van der Waals surface area contributed by atoms with Crippen molar-refractivity contribution in [3.63, 3.8) is 0 Å². The number of halogens is 1. The summed E-state index contributed by atoms with van der Waals surface area (Å²) in [6, 6.07) is 13.1. The van der Waals surface area contributed by atoms with Gasteiger partial charge in [0.1, 0.15) is 5.75 Å². The molecule has 2 rings (SSSR count). The van der Waals surface area contributed by atoms with Gasteiger partial charge in [-0.15, -0.1) is 0 Å². The zero-order valence-electron chi connectivity index (χ0n) is 14.3. The smallest absolute Gasteiger partial charge is 0.255 e. The Morgan fingerprint density at radius 2 is 1.83 bits per heavy atom. The predicted octanol–water partition coefficient (Wildman–Crippen LogP) is 5.97. The molecule has 0 bridgehead atoms. The van der Waals surface area contributed by atoms with E-state index >= 15 is 0 Å². The van der Waals surface area contributed by atoms with Gasteiger partial charge in [0.05, 0.1) is 6.61 Å². The molecule has 0 unspecified atom stereocenters. The van der Waals surface area contributed by atoms with Gasteiger partial charge in [0.25, 0.3) is 5.91 Å². The number of hydrogen-bond acceptors (Lipinski definition) is 2. The van der Waals surface area contributed by atoms with Gasteiger partial charge >= 0.3 is 0 Å². The van der Waals surface area contributed by atoms with Crippen molar-refractivity contribution >= 4 is 27.5 Å². The van der Waals surface area contributed by atoms with Gasteiger partial charge in [-0.05, 0) is 55.3 Å². The van der Waals surface area contributed by atoms with Gasteiger partial charge in [-0.2, -0.15) is 0 Å². The molecule has 1 N–H and O–H groups in total. The number of amides is 1. The molecule has 0 saturated heterocycles. The lowest BCUT2D eigenvalue weighted by atomic mass is 10.1. The molecule has 0 aromatic heterocycles. The van der Waals surface area contributed by atoms with Crippen molar-refractivity contribution < 1.29 is 9.53 Å². The standard InChI is InChI=1S/C20H24BrNO2/c1-3-4-5-6-13-24-18-11-9-17(10-12-18)22-20(23)16-8-7-15(2)19(21)14-16/h7-12,14H,3-6,13H2,1-2H3,(H,22,23). The Morgan fingerprint density at radius 3 is 2.50 bits per heavy atom. The third kappa shape index (κ3) is 5.68. The highest BCUT2D eigenvalue weighted by Crippen LogP contribution is 2.20. The van der Waals surface area contributed by atoms with Gasteiger partial charge in [-0.3, -0.25) is 4.79 Å². The second-order valence-corrected chi connectivity index (χ2v) is 6.71. The normalized spacial score (nSPS) is 10.5. The van der Waals surface area contributed by atoms with E-state index in [4.69, 9.17) is 4.74 Å². The fourth-order valence-electron chi connectivity index (χ4n) is 2.29. The third-order valence-electron chi connectivity index (χ3n) is 3.81. The van der Waals surface area contributed by atoms with Crippen molar-refractivity contribution in [1.82, 2.24) is 0 Å². The monoisotopic (exact) mass is 389 g/mol. The minimum atomic E-state index is -0.121. The molecule has 0 aliphatic carbocycles. The van der Waals surface area contributed by atoms with E-state index in [-0.39, 0.29) is 5.91 Å². The Morgan fingerprint density at radius 1 is 1.08 bits per heavy atom. The molecule has 0 aliphatic heterocycles. The van der Waals surface area contributed by atoms with Crippen molar-refractivity contribution in [2.75, 3.05) is 11.9 Å². The molecule has 24 heavy (non-hydrogen) atoms. The molecule has 0 fully saturated rings. The van der Waals surface area contributed by atoms with Crippen molar-refractivity contribution in [3.8, 4) is 5.75 Å². The van der Waals surface area contributed by atoms with Crippen LogP contribution in [0.4, 0.5) is 5.69 Å². The minimum Gasteiger partial charge on any atom is -0.494 e. The minimum absolute atomic E-state index is 0.121. The van der Waals surface area contributed by atoms with Gasteiger partial charge in [0, 0.05) is 15.7 Å². The zero-order valence-corrected chi connectivity index (χ0v) is 15.9. The largest absolute Gasteiger partial charge is 0.494 e. The van der Waals surface area contributed by atoms with Crippen LogP contribution < -0.4 is 10.1 Å². The third-order valence-corrected chi connectivity index (χ3v) is 4.67. The molecule has 3 nitrogen and oxygen atoms in total. The molecule has 0 heterocycles. The molecule has 128 valence electrons. The quantitative estimate of drug-likeness (QED) is 0.564. The second kappa shape index (κ2) is 9.48. The highest BCUT2D eigenvalue weighted by Gasteiger charge is 2.07. The topological polar surface area (TPSA) is 38.3 Å². The second-order valence-electron chi connectivity index (χ2n) is 5.85. The SMILES string of the molecule is CCCCCCOc1ccc(NC(=O)c2ccc(C)c(Br)c2)cc1. The highest BCUT2D eigenvalue weighted by atomic mass is 79.9. The summed E-state index contributed by atoms with van der Waals surface area (Å²) in [7, 11) is 0. The van der Waals surface area contributed by atoms with E-state index in [2.05, 4.69) is 28.2 Å². The Labute approximate surface area is 152 Å². The number of carbonyl (C=O) groups excluding carboxylic acids is 1. The number of ether oxygens (including phenoxy) is 1. The molecule has 2 aromatic rings. The van der Waals surface area contributed by atoms with E-state index in [9.17, 15) is 4.79 Å². The number of benzene rings is 2. The number of rotatable bonds is 8. The van der Waals surface area contributed by atoms with Crippen LogP contribution in [0.3, 0.4) is 0 Å². The Balaban J connectivity index is 1.86. The van der Waals surface area contributed by atoms with Crippen LogP contribution in [0.1, 0.15) is 48.5 Å². The summed E-state index contributed by atoms with van der Waals surface area (Å²) >= 11 is 3.45. The van der Waals surface area contributed by atoms with Crippen LogP contribution in [0.25, 0.3) is 0 Å². The van der Waals surface area contributed by atoms with Gasteiger partial charge in [0.2, 0.25) is 0 Å². The Kier molecular flexibility index (Phi) is 7.32. The molecule has 0 saturated carbocycles. The summed E-state index contributed by atoms with van der Waals surface area (Å²) in [5.41, 5.74) is 2.49. The molecular weight excluding hydrogens is 366 g/mol. The zero-order chi connectivity index (χ0) is 17.4. The molecule has 0 spiro atoms. The van der Waals surface area contributed by atoms with Crippen LogP contribution >= 0.6 is 15.9 Å². The first-order valence-electron chi connectivity index (χ1n) is 8.40. The van der Waals surface area contributed by atoms with Gasteiger partial charge < -0.3 is 10.1 Å². The lowest BCUT2D eigenvalue weighted by Crippen LogP contribution is -2.11. The maximum atomic E-state index is 12.3. The van der Waals surface area contributed by atoms with Crippen LogP contribution in [0.15, 0.2) is 46.9 Å². The van der Waals surface area contributed by atoms with Crippen molar-refractivity contribution in [3.05, 3.63) is 58.1 Å². The Bertz CT molecular complexity index is 668. The fraction of sp³-hybridized carbons (Fsp3) is 0.350. The molecule has 0 atom stereocenters. The molecule has 2 aromatic carbocycles. The summed E-state index contributed by atoms with van der Waals surface area (Å²) in [6.07, 6.45) is 4.76. The summed E-state index contributed by atoms with van der Waals surface area (Å²) in [5.74, 6) is 0.714. The first kappa shape index (κ1) is 18.5. The number of nitrogens with one attached hydrogen (secondary N) is 1. The molecule has 0 aliphatic rings. The van der Waals surface area contributed by atoms with Crippen molar-refractivity contribution in [2.24, 2.45) is 0 Å². The van der Waals surface area contributed by atoms with E-state index in [0.717, 1.165) is 34.5 Å².